The minimum atomic E-state index is -0.481. The second-order valence-corrected chi connectivity index (χ2v) is 5.81. The van der Waals surface area contributed by atoms with Crippen molar-refractivity contribution in [3.63, 3.8) is 0 Å². The number of anilines is 2. The highest BCUT2D eigenvalue weighted by molar-refractivity contribution is 7.13. The SMILES string of the molecule is O=C(Cn1nc(C(=O)Nc2ccccc2)ccc1=O)Nc1nccs1. The predicted octanol–water partition coefficient (Wildman–Crippen LogP) is 1.59. The Balaban J connectivity index is 1.72. The van der Waals surface area contributed by atoms with Crippen molar-refractivity contribution in [1.82, 2.24) is 14.8 Å². The second kappa shape index (κ2) is 7.49. The molecule has 1 aromatic carbocycles. The number of nitrogens with one attached hydrogen (secondary N) is 2. The van der Waals surface area contributed by atoms with Gasteiger partial charge in [0, 0.05) is 23.3 Å². The standard InChI is InChI=1S/C16H13N5O3S/c22-13(19-16-17-8-9-25-16)10-21-14(23)7-6-12(20-21)15(24)18-11-4-2-1-3-5-11/h1-9H,10H2,(H,18,24)(H,17,19,22). The maximum Gasteiger partial charge on any atom is 0.276 e. The highest BCUT2D eigenvalue weighted by Crippen LogP contribution is 2.10. The van der Waals surface area contributed by atoms with E-state index in [4.69, 9.17) is 0 Å². The van der Waals surface area contributed by atoms with Crippen LogP contribution in [0, 0.1) is 0 Å². The first-order valence-electron chi connectivity index (χ1n) is 7.26. The Kier molecular flexibility index (Phi) is 4.95. The molecule has 2 aromatic heterocycles. The number of para-hydroxylation sites is 1. The number of amides is 2. The molecule has 0 saturated carbocycles. The van der Waals surface area contributed by atoms with Gasteiger partial charge in [-0.1, -0.05) is 18.2 Å². The molecule has 0 aliphatic heterocycles. The summed E-state index contributed by atoms with van der Waals surface area (Å²) in [6.07, 6.45) is 1.55. The summed E-state index contributed by atoms with van der Waals surface area (Å²) in [7, 11) is 0. The fraction of sp³-hybridized carbons (Fsp3) is 0.0625. The molecule has 0 radical (unpaired) electrons. The van der Waals surface area contributed by atoms with E-state index < -0.39 is 17.4 Å². The average Bonchev–Trinajstić information content (AvgIpc) is 3.10. The summed E-state index contributed by atoms with van der Waals surface area (Å²) in [4.78, 5) is 40.0. The first kappa shape index (κ1) is 16.5. The molecule has 0 aliphatic carbocycles. The van der Waals surface area contributed by atoms with Crippen LogP contribution in [0.1, 0.15) is 10.5 Å². The highest BCUT2D eigenvalue weighted by atomic mass is 32.1. The van der Waals surface area contributed by atoms with E-state index in [0.29, 0.717) is 10.8 Å². The number of carbonyl (C=O) groups excluding carboxylic acids is 2. The lowest BCUT2D eigenvalue weighted by molar-refractivity contribution is -0.117. The maximum atomic E-state index is 12.2. The van der Waals surface area contributed by atoms with Crippen molar-refractivity contribution >= 4 is 34.0 Å². The predicted molar refractivity (Wildman–Crippen MR) is 93.6 cm³/mol. The Labute approximate surface area is 146 Å². The Bertz CT molecular complexity index is 938. The molecule has 2 heterocycles. The minimum absolute atomic E-state index is 0.0329. The summed E-state index contributed by atoms with van der Waals surface area (Å²) in [5.74, 6) is -0.926. The third kappa shape index (κ3) is 4.36. The van der Waals surface area contributed by atoms with E-state index in [1.807, 2.05) is 6.07 Å². The minimum Gasteiger partial charge on any atom is -0.321 e. The molecule has 0 atom stereocenters. The summed E-state index contributed by atoms with van der Waals surface area (Å²) >= 11 is 1.26. The van der Waals surface area contributed by atoms with Crippen LogP contribution < -0.4 is 16.2 Å². The summed E-state index contributed by atoms with van der Waals surface area (Å²) < 4.78 is 0.933. The van der Waals surface area contributed by atoms with Gasteiger partial charge < -0.3 is 10.6 Å². The molecule has 0 unspecified atom stereocenters. The molecular formula is C16H13N5O3S. The number of aromatic nitrogens is 3. The summed E-state index contributed by atoms with van der Waals surface area (Å²) in [5, 5.41) is 11.3. The summed E-state index contributed by atoms with van der Waals surface area (Å²) in [6.45, 7) is -0.315. The fourth-order valence-corrected chi connectivity index (χ4v) is 2.52. The van der Waals surface area contributed by atoms with Gasteiger partial charge in [0.1, 0.15) is 12.2 Å². The quantitative estimate of drug-likeness (QED) is 0.723. The molecular weight excluding hydrogens is 342 g/mol. The van der Waals surface area contributed by atoms with Crippen molar-refractivity contribution in [2.75, 3.05) is 10.6 Å². The first-order valence-corrected chi connectivity index (χ1v) is 8.14. The lowest BCUT2D eigenvalue weighted by Gasteiger charge is -2.07. The van der Waals surface area contributed by atoms with Gasteiger partial charge in [-0.25, -0.2) is 9.67 Å². The second-order valence-electron chi connectivity index (χ2n) is 4.92. The molecule has 0 saturated heterocycles. The molecule has 3 rings (SSSR count). The van der Waals surface area contributed by atoms with Gasteiger partial charge in [0.25, 0.3) is 11.5 Å². The zero-order valence-electron chi connectivity index (χ0n) is 12.9. The third-order valence-corrected chi connectivity index (χ3v) is 3.79. The summed E-state index contributed by atoms with van der Waals surface area (Å²) in [5.41, 5.74) is 0.157. The van der Waals surface area contributed by atoms with Crippen molar-refractivity contribution in [1.29, 1.82) is 0 Å². The van der Waals surface area contributed by atoms with E-state index in [-0.39, 0.29) is 12.2 Å². The summed E-state index contributed by atoms with van der Waals surface area (Å²) in [6, 6.07) is 11.4. The Hall–Kier alpha value is -3.33. The van der Waals surface area contributed by atoms with E-state index in [1.165, 1.54) is 23.5 Å². The van der Waals surface area contributed by atoms with Crippen LogP contribution in [0.2, 0.25) is 0 Å². The number of carbonyl (C=O) groups is 2. The molecule has 3 aromatic rings. The molecule has 0 aliphatic rings. The van der Waals surface area contributed by atoms with Gasteiger partial charge in [-0.2, -0.15) is 5.10 Å². The molecule has 0 bridgehead atoms. The van der Waals surface area contributed by atoms with Gasteiger partial charge in [0.2, 0.25) is 5.91 Å². The van der Waals surface area contributed by atoms with Crippen LogP contribution in [-0.4, -0.2) is 26.6 Å². The number of thiazole rings is 1. The van der Waals surface area contributed by atoms with Crippen LogP contribution >= 0.6 is 11.3 Å². The van der Waals surface area contributed by atoms with Gasteiger partial charge in [-0.15, -0.1) is 11.3 Å². The molecule has 0 spiro atoms. The maximum absolute atomic E-state index is 12.2. The molecule has 0 fully saturated rings. The van der Waals surface area contributed by atoms with Crippen LogP contribution in [-0.2, 0) is 11.3 Å². The molecule has 126 valence electrons. The van der Waals surface area contributed by atoms with Crippen LogP contribution in [0.25, 0.3) is 0 Å². The number of rotatable bonds is 5. The van der Waals surface area contributed by atoms with Crippen molar-refractivity contribution in [2.24, 2.45) is 0 Å². The molecule has 8 nitrogen and oxygen atoms in total. The van der Waals surface area contributed by atoms with Crippen molar-refractivity contribution in [2.45, 2.75) is 6.54 Å². The normalized spacial score (nSPS) is 10.2. The van der Waals surface area contributed by atoms with Gasteiger partial charge in [0.05, 0.1) is 0 Å². The first-order chi connectivity index (χ1) is 12.1. The average molecular weight is 355 g/mol. The molecule has 9 heteroatoms. The van der Waals surface area contributed by atoms with Crippen LogP contribution in [0.15, 0.2) is 58.8 Å². The largest absolute Gasteiger partial charge is 0.321 e. The van der Waals surface area contributed by atoms with Gasteiger partial charge in [0.15, 0.2) is 5.13 Å². The van der Waals surface area contributed by atoms with Crippen molar-refractivity contribution in [3.8, 4) is 0 Å². The third-order valence-electron chi connectivity index (χ3n) is 3.10. The van der Waals surface area contributed by atoms with Gasteiger partial charge >= 0.3 is 0 Å². The number of hydrogen-bond acceptors (Lipinski definition) is 6. The van der Waals surface area contributed by atoms with E-state index >= 15 is 0 Å². The Morgan fingerprint density at radius 1 is 1.08 bits per heavy atom. The van der Waals surface area contributed by atoms with Gasteiger partial charge in [-0.05, 0) is 18.2 Å². The Morgan fingerprint density at radius 3 is 2.60 bits per heavy atom. The number of hydrogen-bond donors (Lipinski definition) is 2. The van der Waals surface area contributed by atoms with E-state index in [0.717, 1.165) is 4.68 Å². The number of nitrogens with zero attached hydrogens (tertiary/aromatic N) is 3. The van der Waals surface area contributed by atoms with Crippen LogP contribution in [0.4, 0.5) is 10.8 Å². The van der Waals surface area contributed by atoms with Crippen molar-refractivity contribution in [3.05, 3.63) is 70.1 Å². The molecule has 2 N–H and O–H groups in total. The molecule has 2 amide bonds. The number of benzene rings is 1. The van der Waals surface area contributed by atoms with Gasteiger partial charge in [-0.3, -0.25) is 14.4 Å². The monoisotopic (exact) mass is 355 g/mol. The molecule has 25 heavy (non-hydrogen) atoms. The van der Waals surface area contributed by atoms with E-state index in [2.05, 4.69) is 20.7 Å². The Morgan fingerprint density at radius 2 is 1.88 bits per heavy atom. The van der Waals surface area contributed by atoms with E-state index in [1.54, 1.807) is 35.8 Å². The lowest BCUT2D eigenvalue weighted by Crippen LogP contribution is -2.31. The highest BCUT2D eigenvalue weighted by Gasteiger charge is 2.12. The zero-order chi connectivity index (χ0) is 17.6. The van der Waals surface area contributed by atoms with E-state index in [9.17, 15) is 14.4 Å². The van der Waals surface area contributed by atoms with Crippen LogP contribution in [0.5, 0.6) is 0 Å². The van der Waals surface area contributed by atoms with Crippen LogP contribution in [0.3, 0.4) is 0 Å². The lowest BCUT2D eigenvalue weighted by atomic mass is 10.3. The smallest absolute Gasteiger partial charge is 0.276 e. The fourth-order valence-electron chi connectivity index (χ4n) is 1.98. The topological polar surface area (TPSA) is 106 Å². The van der Waals surface area contributed by atoms with Crippen molar-refractivity contribution < 1.29 is 9.59 Å². The zero-order valence-corrected chi connectivity index (χ0v) is 13.7.